The van der Waals surface area contributed by atoms with Crippen molar-refractivity contribution in [3.63, 3.8) is 0 Å². The van der Waals surface area contributed by atoms with E-state index in [1.807, 2.05) is 18.2 Å². The number of carbonyl (C=O) groups excluding carboxylic acids is 2. The van der Waals surface area contributed by atoms with Crippen LogP contribution in [0.5, 0.6) is 0 Å². The van der Waals surface area contributed by atoms with Crippen LogP contribution in [0.4, 0.5) is 5.69 Å². The van der Waals surface area contributed by atoms with Gasteiger partial charge in [0.2, 0.25) is 5.84 Å². The SMILES string of the molecule is C[C@H]1N=C(C(=O)NC[C@@H]2CCCO2)NN(c2ccccc2)C1=O. The molecule has 2 aliphatic heterocycles. The minimum Gasteiger partial charge on any atom is -0.376 e. The van der Waals surface area contributed by atoms with E-state index in [0.29, 0.717) is 12.2 Å². The van der Waals surface area contributed by atoms with Crippen LogP contribution in [0, 0.1) is 0 Å². The highest BCUT2D eigenvalue weighted by Crippen LogP contribution is 2.16. The third-order valence-corrected chi connectivity index (χ3v) is 3.86. The predicted molar refractivity (Wildman–Crippen MR) is 85.9 cm³/mol. The van der Waals surface area contributed by atoms with E-state index in [-0.39, 0.29) is 23.8 Å². The lowest BCUT2D eigenvalue weighted by molar-refractivity contribution is -0.120. The van der Waals surface area contributed by atoms with Crippen molar-refractivity contribution in [2.45, 2.75) is 31.9 Å². The molecule has 1 aromatic carbocycles. The Morgan fingerprint density at radius 3 is 2.91 bits per heavy atom. The molecule has 0 bridgehead atoms. The largest absolute Gasteiger partial charge is 0.376 e. The lowest BCUT2D eigenvalue weighted by atomic mass is 10.2. The van der Waals surface area contributed by atoms with E-state index in [4.69, 9.17) is 4.74 Å². The van der Waals surface area contributed by atoms with Gasteiger partial charge in [-0.3, -0.25) is 15.0 Å². The molecule has 7 nitrogen and oxygen atoms in total. The van der Waals surface area contributed by atoms with Gasteiger partial charge in [-0.2, -0.15) is 0 Å². The number of hydrogen-bond donors (Lipinski definition) is 2. The molecule has 122 valence electrons. The molecule has 0 unspecified atom stereocenters. The summed E-state index contributed by atoms with van der Waals surface area (Å²) in [5.74, 6) is -0.397. The van der Waals surface area contributed by atoms with Gasteiger partial charge >= 0.3 is 0 Å². The summed E-state index contributed by atoms with van der Waals surface area (Å²) < 4.78 is 5.48. The highest BCUT2D eigenvalue weighted by Gasteiger charge is 2.30. The Hall–Kier alpha value is -2.41. The summed E-state index contributed by atoms with van der Waals surface area (Å²) in [6, 6.07) is 8.51. The standard InChI is InChI=1S/C16H20N4O3/c1-11-16(22)20(12-6-3-2-4-7-12)19-14(18-11)15(21)17-10-13-8-5-9-23-13/h2-4,6-7,11,13H,5,8-10H2,1H3,(H,17,21)(H,18,19)/t11-,13+/m1/s1. The molecule has 1 fully saturated rings. The number of rotatable bonds is 4. The van der Waals surface area contributed by atoms with Gasteiger partial charge in [0.05, 0.1) is 11.8 Å². The summed E-state index contributed by atoms with van der Waals surface area (Å²) in [4.78, 5) is 28.7. The predicted octanol–water partition coefficient (Wildman–Crippen LogP) is 0.620. The Balaban J connectivity index is 1.68. The zero-order chi connectivity index (χ0) is 16.2. The van der Waals surface area contributed by atoms with Crippen molar-refractivity contribution in [3.05, 3.63) is 30.3 Å². The van der Waals surface area contributed by atoms with Crippen molar-refractivity contribution in [1.29, 1.82) is 0 Å². The van der Waals surface area contributed by atoms with Crippen molar-refractivity contribution < 1.29 is 14.3 Å². The second-order valence-corrected chi connectivity index (χ2v) is 5.62. The molecule has 2 N–H and O–H groups in total. The summed E-state index contributed by atoms with van der Waals surface area (Å²) in [5, 5.41) is 4.17. The Kier molecular flexibility index (Phi) is 4.57. The van der Waals surface area contributed by atoms with Gasteiger partial charge in [-0.15, -0.1) is 0 Å². The van der Waals surface area contributed by atoms with Crippen molar-refractivity contribution in [2.24, 2.45) is 4.99 Å². The molecule has 0 spiro atoms. The molecule has 0 saturated carbocycles. The molecule has 2 aliphatic rings. The fourth-order valence-corrected chi connectivity index (χ4v) is 2.60. The molecule has 3 rings (SSSR count). The molecule has 7 heteroatoms. The van der Waals surface area contributed by atoms with E-state index in [9.17, 15) is 9.59 Å². The first kappa shape index (κ1) is 15.5. The monoisotopic (exact) mass is 316 g/mol. The van der Waals surface area contributed by atoms with E-state index < -0.39 is 6.04 Å². The van der Waals surface area contributed by atoms with Crippen LogP contribution in [-0.2, 0) is 14.3 Å². The van der Waals surface area contributed by atoms with Crippen molar-refractivity contribution in [1.82, 2.24) is 10.7 Å². The highest BCUT2D eigenvalue weighted by atomic mass is 16.5. The lowest BCUT2D eigenvalue weighted by Gasteiger charge is -2.30. The Morgan fingerprint density at radius 1 is 1.43 bits per heavy atom. The Morgan fingerprint density at radius 2 is 2.22 bits per heavy atom. The number of para-hydroxylation sites is 1. The Labute approximate surface area is 134 Å². The number of amidine groups is 1. The van der Waals surface area contributed by atoms with Gasteiger partial charge in [-0.05, 0) is 31.9 Å². The van der Waals surface area contributed by atoms with Gasteiger partial charge in [0.25, 0.3) is 11.8 Å². The van der Waals surface area contributed by atoms with Crippen LogP contribution in [0.25, 0.3) is 0 Å². The third-order valence-electron chi connectivity index (χ3n) is 3.86. The molecule has 2 heterocycles. The molecular weight excluding hydrogens is 296 g/mol. The van der Waals surface area contributed by atoms with E-state index in [2.05, 4.69) is 15.7 Å². The highest BCUT2D eigenvalue weighted by molar-refractivity contribution is 6.39. The first-order valence-electron chi connectivity index (χ1n) is 7.78. The van der Waals surface area contributed by atoms with Gasteiger partial charge in [-0.25, -0.2) is 10.0 Å². The van der Waals surface area contributed by atoms with E-state index in [1.165, 1.54) is 5.01 Å². The molecule has 1 aromatic rings. The number of carbonyl (C=O) groups is 2. The maximum absolute atomic E-state index is 12.3. The average molecular weight is 316 g/mol. The van der Waals surface area contributed by atoms with Gasteiger partial charge in [0, 0.05) is 13.2 Å². The average Bonchev–Trinajstić information content (AvgIpc) is 3.09. The molecule has 0 radical (unpaired) electrons. The summed E-state index contributed by atoms with van der Waals surface area (Å²) >= 11 is 0. The molecule has 1 saturated heterocycles. The first-order chi connectivity index (χ1) is 11.1. The van der Waals surface area contributed by atoms with Gasteiger partial charge in [0.1, 0.15) is 6.04 Å². The fourth-order valence-electron chi connectivity index (χ4n) is 2.60. The van der Waals surface area contributed by atoms with Crippen LogP contribution in [0.15, 0.2) is 35.3 Å². The molecule has 23 heavy (non-hydrogen) atoms. The second kappa shape index (κ2) is 6.78. The molecule has 2 amide bonds. The van der Waals surface area contributed by atoms with E-state index in [0.717, 1.165) is 19.4 Å². The maximum Gasteiger partial charge on any atom is 0.288 e. The van der Waals surface area contributed by atoms with Crippen molar-refractivity contribution >= 4 is 23.3 Å². The zero-order valence-corrected chi connectivity index (χ0v) is 13.0. The summed E-state index contributed by atoms with van der Waals surface area (Å²) in [6.07, 6.45) is 2.03. The maximum atomic E-state index is 12.3. The third kappa shape index (κ3) is 3.50. The van der Waals surface area contributed by atoms with Crippen molar-refractivity contribution in [3.8, 4) is 0 Å². The van der Waals surface area contributed by atoms with Crippen LogP contribution in [-0.4, -0.2) is 42.9 Å². The van der Waals surface area contributed by atoms with Gasteiger partial charge in [-0.1, -0.05) is 18.2 Å². The van der Waals surface area contributed by atoms with Crippen molar-refractivity contribution in [2.75, 3.05) is 18.2 Å². The van der Waals surface area contributed by atoms with E-state index in [1.54, 1.807) is 19.1 Å². The minimum absolute atomic E-state index is 0.0624. The number of nitrogens with one attached hydrogen (secondary N) is 2. The smallest absolute Gasteiger partial charge is 0.288 e. The van der Waals surface area contributed by atoms with Crippen LogP contribution in [0.1, 0.15) is 19.8 Å². The summed E-state index contributed by atoms with van der Waals surface area (Å²) in [5.41, 5.74) is 3.48. The zero-order valence-electron chi connectivity index (χ0n) is 13.0. The van der Waals surface area contributed by atoms with Crippen LogP contribution in [0.2, 0.25) is 0 Å². The van der Waals surface area contributed by atoms with Crippen LogP contribution >= 0.6 is 0 Å². The summed E-state index contributed by atoms with van der Waals surface area (Å²) in [6.45, 7) is 2.87. The quantitative estimate of drug-likeness (QED) is 0.853. The number of anilines is 1. The number of aliphatic imine (C=N–C) groups is 1. The molecule has 0 aliphatic carbocycles. The molecule has 2 atom stereocenters. The topological polar surface area (TPSA) is 83.0 Å². The second-order valence-electron chi connectivity index (χ2n) is 5.62. The number of hydrogen-bond acceptors (Lipinski definition) is 5. The van der Waals surface area contributed by atoms with E-state index >= 15 is 0 Å². The molecular formula is C16H20N4O3. The summed E-state index contributed by atoms with van der Waals surface area (Å²) in [7, 11) is 0. The minimum atomic E-state index is -0.611. The number of amides is 2. The van der Waals surface area contributed by atoms with Gasteiger partial charge in [0.15, 0.2) is 0 Å². The van der Waals surface area contributed by atoms with Crippen LogP contribution in [0.3, 0.4) is 0 Å². The molecule has 0 aromatic heterocycles. The number of benzene rings is 1. The first-order valence-corrected chi connectivity index (χ1v) is 7.78. The normalized spacial score (nSPS) is 24.1. The Bertz CT molecular complexity index is 611. The number of hydrazine groups is 1. The number of ether oxygens (including phenoxy) is 1. The number of nitrogens with zero attached hydrogens (tertiary/aromatic N) is 2. The fraction of sp³-hybridized carbons (Fsp3) is 0.438. The lowest BCUT2D eigenvalue weighted by Crippen LogP contribution is -2.58. The van der Waals surface area contributed by atoms with Gasteiger partial charge < -0.3 is 10.1 Å². The van der Waals surface area contributed by atoms with Crippen LogP contribution < -0.4 is 15.8 Å².